The molecule has 2 aromatic rings. The highest BCUT2D eigenvalue weighted by atomic mass is 32.2. The van der Waals surface area contributed by atoms with Crippen molar-refractivity contribution in [2.24, 2.45) is 0 Å². The van der Waals surface area contributed by atoms with Crippen molar-refractivity contribution in [1.29, 1.82) is 0 Å². The lowest BCUT2D eigenvalue weighted by Gasteiger charge is -2.19. The molecule has 1 N–H and O–H groups in total. The predicted molar refractivity (Wildman–Crippen MR) is 67.9 cm³/mol. The zero-order valence-electron chi connectivity index (χ0n) is 9.12. The lowest BCUT2D eigenvalue weighted by atomic mass is 9.94. The van der Waals surface area contributed by atoms with Crippen molar-refractivity contribution in [3.05, 3.63) is 35.5 Å². The van der Waals surface area contributed by atoms with E-state index in [1.807, 2.05) is 12.3 Å². The van der Waals surface area contributed by atoms with Gasteiger partial charge in [0.1, 0.15) is 5.25 Å². The number of H-pyrrole nitrogens is 1. The van der Waals surface area contributed by atoms with Crippen LogP contribution in [0.25, 0.3) is 10.9 Å². The molecule has 0 saturated heterocycles. The first-order valence-electron chi connectivity index (χ1n) is 5.46. The molecule has 1 heterocycles. The quantitative estimate of drug-likeness (QED) is 0.818. The number of carbonyl (C=O) groups is 1. The summed E-state index contributed by atoms with van der Waals surface area (Å²) < 4.78 is 0. The van der Waals surface area contributed by atoms with Crippen LogP contribution in [0.2, 0.25) is 0 Å². The van der Waals surface area contributed by atoms with E-state index in [0.29, 0.717) is 12.2 Å². The van der Waals surface area contributed by atoms with Gasteiger partial charge in [-0.2, -0.15) is 0 Å². The van der Waals surface area contributed by atoms with Gasteiger partial charge in [-0.25, -0.2) is 0 Å². The summed E-state index contributed by atoms with van der Waals surface area (Å²) in [5.41, 5.74) is 3.63. The summed E-state index contributed by atoms with van der Waals surface area (Å²) >= 11 is 1.63. The van der Waals surface area contributed by atoms with Gasteiger partial charge in [0.25, 0.3) is 0 Å². The van der Waals surface area contributed by atoms with Gasteiger partial charge in [-0.05, 0) is 24.3 Å². The smallest absolute Gasteiger partial charge is 0.152 e. The maximum Gasteiger partial charge on any atom is 0.152 e. The van der Waals surface area contributed by atoms with Gasteiger partial charge in [0, 0.05) is 23.0 Å². The summed E-state index contributed by atoms with van der Waals surface area (Å²) in [5, 5.41) is 1.29. The molecule has 1 aromatic carbocycles. The molecule has 3 heteroatoms. The molecule has 16 heavy (non-hydrogen) atoms. The van der Waals surface area contributed by atoms with Crippen LogP contribution in [0.4, 0.5) is 0 Å². The second-order valence-electron chi connectivity index (χ2n) is 4.14. The van der Waals surface area contributed by atoms with Crippen LogP contribution >= 0.6 is 11.8 Å². The number of ketones is 1. The molecule has 82 valence electrons. The number of aromatic nitrogens is 1. The molecule has 0 bridgehead atoms. The summed E-state index contributed by atoms with van der Waals surface area (Å²) in [6.07, 6.45) is 3.57. The van der Waals surface area contributed by atoms with Crippen LogP contribution in [0.3, 0.4) is 0 Å². The lowest BCUT2D eigenvalue weighted by molar-refractivity contribution is -0.119. The number of rotatable bonds is 1. The highest BCUT2D eigenvalue weighted by Gasteiger charge is 2.29. The molecule has 0 saturated carbocycles. The van der Waals surface area contributed by atoms with Crippen LogP contribution in [0.15, 0.2) is 24.3 Å². The Morgan fingerprint density at radius 1 is 1.31 bits per heavy atom. The number of carbonyl (C=O) groups excluding carboxylic acids is 1. The van der Waals surface area contributed by atoms with Crippen LogP contribution in [0.5, 0.6) is 0 Å². The second-order valence-corrected chi connectivity index (χ2v) is 5.09. The van der Waals surface area contributed by atoms with E-state index in [0.717, 1.165) is 17.6 Å². The maximum atomic E-state index is 11.8. The molecule has 0 amide bonds. The van der Waals surface area contributed by atoms with E-state index in [1.165, 1.54) is 10.9 Å². The first kappa shape index (κ1) is 9.97. The van der Waals surface area contributed by atoms with Crippen molar-refractivity contribution >= 4 is 28.4 Å². The minimum absolute atomic E-state index is 0.0103. The van der Waals surface area contributed by atoms with Gasteiger partial charge in [0.05, 0.1) is 0 Å². The molecular formula is C13H13NOS. The van der Waals surface area contributed by atoms with Crippen molar-refractivity contribution < 1.29 is 4.79 Å². The largest absolute Gasteiger partial charge is 0.357 e. The van der Waals surface area contributed by atoms with Gasteiger partial charge >= 0.3 is 0 Å². The third kappa shape index (κ3) is 1.31. The fraction of sp³-hybridized carbons (Fsp3) is 0.308. The highest BCUT2D eigenvalue weighted by molar-refractivity contribution is 7.99. The van der Waals surface area contributed by atoms with Crippen molar-refractivity contribution in [2.45, 2.75) is 18.1 Å². The number of aryl methyl sites for hydroxylation is 1. The van der Waals surface area contributed by atoms with Gasteiger partial charge in [0.2, 0.25) is 0 Å². The molecule has 0 spiro atoms. The van der Waals surface area contributed by atoms with Gasteiger partial charge in [-0.15, -0.1) is 11.8 Å². The molecule has 0 radical (unpaired) electrons. The minimum atomic E-state index is 0.0103. The number of Topliss-reactive ketones (excluding diaryl/α,β-unsaturated/α-hetero) is 1. The zero-order valence-corrected chi connectivity index (χ0v) is 9.93. The zero-order chi connectivity index (χ0) is 11.1. The fourth-order valence-electron chi connectivity index (χ4n) is 2.50. The maximum absolute atomic E-state index is 11.8. The first-order chi connectivity index (χ1) is 7.81. The number of nitrogens with one attached hydrogen (secondary N) is 1. The van der Waals surface area contributed by atoms with E-state index >= 15 is 0 Å². The van der Waals surface area contributed by atoms with Crippen LogP contribution in [-0.2, 0) is 11.2 Å². The summed E-state index contributed by atoms with van der Waals surface area (Å²) in [6.45, 7) is 0. The number of hydrogen-bond acceptors (Lipinski definition) is 2. The normalized spacial score (nSPS) is 20.1. The van der Waals surface area contributed by atoms with Crippen LogP contribution in [0.1, 0.15) is 22.9 Å². The van der Waals surface area contributed by atoms with E-state index in [9.17, 15) is 4.79 Å². The Morgan fingerprint density at radius 2 is 2.12 bits per heavy atom. The molecular weight excluding hydrogens is 218 g/mol. The highest BCUT2D eigenvalue weighted by Crippen LogP contribution is 2.38. The molecule has 1 aromatic heterocycles. The number of thioether (sulfide) groups is 1. The monoisotopic (exact) mass is 231 g/mol. The average molecular weight is 231 g/mol. The average Bonchev–Trinajstić information content (AvgIpc) is 2.67. The SMILES string of the molecule is CSC1C(=O)CCc2c1[nH]c1ccccc21. The third-order valence-corrected chi connectivity index (χ3v) is 4.23. The fourth-order valence-corrected chi connectivity index (χ4v) is 3.32. The Morgan fingerprint density at radius 3 is 2.94 bits per heavy atom. The Labute approximate surface area is 98.4 Å². The third-order valence-electron chi connectivity index (χ3n) is 3.26. The van der Waals surface area contributed by atoms with E-state index in [4.69, 9.17) is 0 Å². The Kier molecular flexibility index (Phi) is 2.28. The van der Waals surface area contributed by atoms with E-state index in [-0.39, 0.29) is 5.25 Å². The van der Waals surface area contributed by atoms with Crippen molar-refractivity contribution in [2.75, 3.05) is 6.26 Å². The van der Waals surface area contributed by atoms with Gasteiger partial charge in [-0.3, -0.25) is 4.79 Å². The van der Waals surface area contributed by atoms with Crippen molar-refractivity contribution in [3.63, 3.8) is 0 Å². The molecule has 0 fully saturated rings. The van der Waals surface area contributed by atoms with Crippen LogP contribution < -0.4 is 0 Å². The van der Waals surface area contributed by atoms with Gasteiger partial charge in [0.15, 0.2) is 5.78 Å². The first-order valence-corrected chi connectivity index (χ1v) is 6.75. The molecule has 1 unspecified atom stereocenters. The number of aromatic amines is 1. The molecule has 1 atom stereocenters. The van der Waals surface area contributed by atoms with E-state index in [1.54, 1.807) is 11.8 Å². The van der Waals surface area contributed by atoms with Crippen molar-refractivity contribution in [3.8, 4) is 0 Å². The predicted octanol–water partition coefficient (Wildman–Crippen LogP) is 3.09. The number of para-hydroxylation sites is 1. The topological polar surface area (TPSA) is 32.9 Å². The van der Waals surface area contributed by atoms with E-state index < -0.39 is 0 Å². The van der Waals surface area contributed by atoms with Crippen molar-refractivity contribution in [1.82, 2.24) is 4.98 Å². The summed E-state index contributed by atoms with van der Waals surface area (Å²) in [6, 6.07) is 8.30. The van der Waals surface area contributed by atoms with Gasteiger partial charge < -0.3 is 4.98 Å². The Bertz CT molecular complexity index is 558. The number of benzene rings is 1. The summed E-state index contributed by atoms with van der Waals surface area (Å²) in [5.74, 6) is 0.353. The Balaban J connectivity index is 2.26. The standard InChI is InChI=1S/C13H13NOS/c1-16-13-11(15)7-6-9-8-4-2-3-5-10(8)14-12(9)13/h2-5,13-14H,6-7H2,1H3. The number of hydrogen-bond donors (Lipinski definition) is 1. The summed E-state index contributed by atoms with van der Waals surface area (Å²) in [7, 11) is 0. The summed E-state index contributed by atoms with van der Waals surface area (Å²) in [4.78, 5) is 15.2. The lowest BCUT2D eigenvalue weighted by Crippen LogP contribution is -2.17. The molecule has 1 aliphatic carbocycles. The molecule has 2 nitrogen and oxygen atoms in total. The number of fused-ring (bicyclic) bond motifs is 3. The Hall–Kier alpha value is -1.22. The van der Waals surface area contributed by atoms with Crippen LogP contribution in [0, 0.1) is 0 Å². The van der Waals surface area contributed by atoms with Gasteiger partial charge in [-0.1, -0.05) is 18.2 Å². The molecule has 0 aliphatic heterocycles. The second kappa shape index (κ2) is 3.67. The van der Waals surface area contributed by atoms with Crippen LogP contribution in [-0.4, -0.2) is 17.0 Å². The minimum Gasteiger partial charge on any atom is -0.357 e. The molecule has 1 aliphatic rings. The van der Waals surface area contributed by atoms with E-state index in [2.05, 4.69) is 23.2 Å². The molecule has 3 rings (SSSR count).